The van der Waals surface area contributed by atoms with Crippen molar-refractivity contribution in [2.24, 2.45) is 0 Å². The average Bonchev–Trinajstić information content (AvgIpc) is 2.66. The van der Waals surface area contributed by atoms with Crippen LogP contribution in [0, 0.1) is 6.92 Å². The van der Waals surface area contributed by atoms with Crippen LogP contribution in [0.3, 0.4) is 0 Å². The van der Waals surface area contributed by atoms with Gasteiger partial charge in [0.25, 0.3) is 0 Å². The lowest BCUT2D eigenvalue weighted by molar-refractivity contribution is 0.0698. The number of aromatic carboxylic acids is 1. The Balaban J connectivity index is 2.35. The molecule has 0 spiro atoms. The number of halogens is 1. The van der Waals surface area contributed by atoms with Gasteiger partial charge in [-0.2, -0.15) is 4.37 Å². The second kappa shape index (κ2) is 4.68. The molecule has 0 fully saturated rings. The largest absolute Gasteiger partial charge is 0.478 e. The number of carboxylic acids is 1. The summed E-state index contributed by atoms with van der Waals surface area (Å²) in [5.74, 6) is -0.403. The Morgan fingerprint density at radius 2 is 2.29 bits per heavy atom. The van der Waals surface area contributed by atoms with E-state index in [2.05, 4.69) is 14.7 Å². The molecule has 0 saturated carbocycles. The highest BCUT2D eigenvalue weighted by Gasteiger charge is 2.12. The molecule has 0 aliphatic carbocycles. The van der Waals surface area contributed by atoms with E-state index >= 15 is 0 Å². The molecule has 0 radical (unpaired) electrons. The minimum atomic E-state index is -1.05. The van der Waals surface area contributed by atoms with E-state index in [1.165, 1.54) is 17.6 Å². The summed E-state index contributed by atoms with van der Waals surface area (Å²) in [6, 6.07) is 4.60. The number of rotatable bonds is 3. The maximum absolute atomic E-state index is 11.0. The minimum Gasteiger partial charge on any atom is -0.478 e. The second-order valence-corrected chi connectivity index (χ2v) is 4.46. The number of benzene rings is 1. The zero-order valence-corrected chi connectivity index (χ0v) is 10.3. The first kappa shape index (κ1) is 11.8. The predicted octanol–water partition coefficient (Wildman–Crippen LogP) is 2.94. The molecule has 1 aromatic carbocycles. The van der Waals surface area contributed by atoms with Crippen LogP contribution in [0.4, 0.5) is 10.8 Å². The summed E-state index contributed by atoms with van der Waals surface area (Å²) in [7, 11) is 0. The molecule has 0 atom stereocenters. The zero-order valence-electron chi connectivity index (χ0n) is 8.77. The molecule has 88 valence electrons. The monoisotopic (exact) mass is 269 g/mol. The van der Waals surface area contributed by atoms with Crippen LogP contribution in [-0.4, -0.2) is 20.4 Å². The predicted molar refractivity (Wildman–Crippen MR) is 66.3 cm³/mol. The van der Waals surface area contributed by atoms with Gasteiger partial charge in [0.2, 0.25) is 5.13 Å². The van der Waals surface area contributed by atoms with Gasteiger partial charge in [-0.15, -0.1) is 0 Å². The van der Waals surface area contributed by atoms with Gasteiger partial charge in [-0.3, -0.25) is 0 Å². The average molecular weight is 270 g/mol. The maximum Gasteiger partial charge on any atom is 0.337 e. The molecular weight excluding hydrogens is 262 g/mol. The van der Waals surface area contributed by atoms with Crippen LogP contribution >= 0.6 is 23.1 Å². The van der Waals surface area contributed by atoms with Gasteiger partial charge in [0, 0.05) is 16.6 Å². The van der Waals surface area contributed by atoms with Crippen LogP contribution in [0.25, 0.3) is 0 Å². The Labute approximate surface area is 106 Å². The first-order valence-electron chi connectivity index (χ1n) is 4.66. The molecular formula is C10H8ClN3O2S. The molecule has 2 rings (SSSR count). The lowest BCUT2D eigenvalue weighted by Crippen LogP contribution is -2.02. The van der Waals surface area contributed by atoms with Gasteiger partial charge < -0.3 is 10.4 Å². The highest BCUT2D eigenvalue weighted by Crippen LogP contribution is 2.25. The highest BCUT2D eigenvalue weighted by molar-refractivity contribution is 7.09. The Kier molecular flexibility index (Phi) is 3.26. The molecule has 0 saturated heterocycles. The molecule has 1 aromatic heterocycles. The molecule has 7 heteroatoms. The summed E-state index contributed by atoms with van der Waals surface area (Å²) in [6.07, 6.45) is 0. The summed E-state index contributed by atoms with van der Waals surface area (Å²) in [6.45, 7) is 1.77. The Morgan fingerprint density at radius 3 is 2.88 bits per heavy atom. The number of hydrogen-bond donors (Lipinski definition) is 2. The Hall–Kier alpha value is -1.66. The van der Waals surface area contributed by atoms with Crippen LogP contribution < -0.4 is 5.32 Å². The summed E-state index contributed by atoms with van der Waals surface area (Å²) < 4.78 is 4.00. The van der Waals surface area contributed by atoms with Gasteiger partial charge >= 0.3 is 5.97 Å². The normalized spacial score (nSPS) is 10.2. The van der Waals surface area contributed by atoms with E-state index in [4.69, 9.17) is 16.7 Å². The molecule has 0 bridgehead atoms. The van der Waals surface area contributed by atoms with Crippen LogP contribution in [0.2, 0.25) is 5.02 Å². The fourth-order valence-electron chi connectivity index (χ4n) is 1.27. The molecule has 0 amide bonds. The number of aromatic nitrogens is 2. The topological polar surface area (TPSA) is 75.1 Å². The van der Waals surface area contributed by atoms with Gasteiger partial charge in [-0.25, -0.2) is 9.78 Å². The number of carboxylic acid groups (broad SMARTS) is 1. The molecule has 1 heterocycles. The lowest BCUT2D eigenvalue weighted by atomic mass is 10.2. The van der Waals surface area contributed by atoms with Crippen molar-refractivity contribution >= 4 is 39.9 Å². The van der Waals surface area contributed by atoms with E-state index in [-0.39, 0.29) is 5.56 Å². The van der Waals surface area contributed by atoms with E-state index in [9.17, 15) is 4.79 Å². The van der Waals surface area contributed by atoms with Gasteiger partial charge in [-0.05, 0) is 25.1 Å². The van der Waals surface area contributed by atoms with Crippen molar-refractivity contribution in [3.8, 4) is 0 Å². The number of anilines is 2. The number of nitrogens with zero attached hydrogens (tertiary/aromatic N) is 2. The SMILES string of the molecule is Cc1nsc(Nc2ccc(Cl)cc2C(=O)O)n1. The van der Waals surface area contributed by atoms with Crippen LogP contribution in [0.1, 0.15) is 16.2 Å². The Bertz CT molecular complexity index is 570. The van der Waals surface area contributed by atoms with Gasteiger partial charge in [0.15, 0.2) is 0 Å². The van der Waals surface area contributed by atoms with E-state index in [1.54, 1.807) is 19.1 Å². The van der Waals surface area contributed by atoms with Crippen molar-refractivity contribution in [2.45, 2.75) is 6.92 Å². The molecule has 0 unspecified atom stereocenters. The van der Waals surface area contributed by atoms with Crippen molar-refractivity contribution in [1.29, 1.82) is 0 Å². The zero-order chi connectivity index (χ0) is 12.4. The van der Waals surface area contributed by atoms with Crippen molar-refractivity contribution in [3.63, 3.8) is 0 Å². The first-order valence-corrected chi connectivity index (χ1v) is 5.81. The van der Waals surface area contributed by atoms with Gasteiger partial charge in [-0.1, -0.05) is 11.6 Å². The molecule has 17 heavy (non-hydrogen) atoms. The highest BCUT2D eigenvalue weighted by atomic mass is 35.5. The fourth-order valence-corrected chi connectivity index (χ4v) is 2.03. The van der Waals surface area contributed by atoms with E-state index in [0.717, 1.165) is 0 Å². The number of carbonyl (C=O) groups is 1. The third-order valence-corrected chi connectivity index (χ3v) is 2.94. The smallest absolute Gasteiger partial charge is 0.337 e. The van der Waals surface area contributed by atoms with Crippen molar-refractivity contribution in [2.75, 3.05) is 5.32 Å². The van der Waals surface area contributed by atoms with E-state index < -0.39 is 5.97 Å². The van der Waals surface area contributed by atoms with Crippen molar-refractivity contribution in [1.82, 2.24) is 9.36 Å². The molecule has 5 nitrogen and oxygen atoms in total. The molecule has 0 aliphatic heterocycles. The summed E-state index contributed by atoms with van der Waals surface area (Å²) in [5, 5.41) is 12.9. The number of nitrogens with one attached hydrogen (secondary N) is 1. The third kappa shape index (κ3) is 2.72. The van der Waals surface area contributed by atoms with Crippen LogP contribution in [-0.2, 0) is 0 Å². The minimum absolute atomic E-state index is 0.102. The first-order chi connectivity index (χ1) is 8.06. The van der Waals surface area contributed by atoms with Crippen LogP contribution in [0.5, 0.6) is 0 Å². The molecule has 2 N–H and O–H groups in total. The van der Waals surface area contributed by atoms with E-state index in [1.807, 2.05) is 0 Å². The van der Waals surface area contributed by atoms with Gasteiger partial charge in [0.1, 0.15) is 5.82 Å². The van der Waals surface area contributed by atoms with E-state index in [0.29, 0.717) is 21.7 Å². The number of aryl methyl sites for hydroxylation is 1. The lowest BCUT2D eigenvalue weighted by Gasteiger charge is -2.06. The summed E-state index contributed by atoms with van der Waals surface area (Å²) in [4.78, 5) is 15.1. The van der Waals surface area contributed by atoms with Crippen molar-refractivity contribution in [3.05, 3.63) is 34.6 Å². The van der Waals surface area contributed by atoms with Crippen LogP contribution in [0.15, 0.2) is 18.2 Å². The summed E-state index contributed by atoms with van der Waals surface area (Å²) in [5.41, 5.74) is 0.545. The van der Waals surface area contributed by atoms with Crippen molar-refractivity contribution < 1.29 is 9.90 Å². The molecule has 0 aliphatic rings. The molecule has 2 aromatic rings. The summed E-state index contributed by atoms with van der Waals surface area (Å²) >= 11 is 6.92. The third-order valence-electron chi connectivity index (χ3n) is 1.98. The fraction of sp³-hybridized carbons (Fsp3) is 0.100. The second-order valence-electron chi connectivity index (χ2n) is 3.27. The maximum atomic E-state index is 11.0. The Morgan fingerprint density at radius 1 is 1.53 bits per heavy atom. The van der Waals surface area contributed by atoms with Gasteiger partial charge in [0.05, 0.1) is 11.3 Å². The number of hydrogen-bond acceptors (Lipinski definition) is 5. The quantitative estimate of drug-likeness (QED) is 0.896. The standard InChI is InChI=1S/C10H8ClN3O2S/c1-5-12-10(17-14-5)13-8-3-2-6(11)4-7(8)9(15)16/h2-4H,1H3,(H,15,16)(H,12,13,14).